The number of hydrogen-bond donors (Lipinski definition) is 1. The largest absolute Gasteiger partial charge is 0.336 e. The molecule has 0 atom stereocenters. The van der Waals surface area contributed by atoms with Crippen LogP contribution in [0.1, 0.15) is 28.1 Å². The number of carbonyl (C=O) groups is 1. The summed E-state index contributed by atoms with van der Waals surface area (Å²) < 4.78 is 27.9. The van der Waals surface area contributed by atoms with Gasteiger partial charge < -0.3 is 9.80 Å². The summed E-state index contributed by atoms with van der Waals surface area (Å²) in [5.41, 5.74) is 0.421. The number of sulfonamides is 1. The Hall–Kier alpha value is -1.78. The Balaban J connectivity index is 1.31. The van der Waals surface area contributed by atoms with Crippen molar-refractivity contribution < 1.29 is 13.2 Å². The highest BCUT2D eigenvalue weighted by molar-refractivity contribution is 7.89. The van der Waals surface area contributed by atoms with Crippen LogP contribution in [0, 0.1) is 0 Å². The van der Waals surface area contributed by atoms with E-state index in [2.05, 4.69) is 14.5 Å². The van der Waals surface area contributed by atoms with Gasteiger partial charge in [0.05, 0.1) is 4.90 Å². The molecular weight excluding hydrogens is 432 g/mol. The molecule has 0 aliphatic carbocycles. The van der Waals surface area contributed by atoms with Gasteiger partial charge in [-0.15, -0.1) is 11.3 Å². The minimum atomic E-state index is -3.67. The topological polar surface area (TPSA) is 73.0 Å². The maximum absolute atomic E-state index is 13.0. The fraction of sp³-hybridized carbons (Fsp3) is 0.500. The van der Waals surface area contributed by atoms with Crippen molar-refractivity contribution in [2.45, 2.75) is 24.3 Å². The third-order valence-corrected chi connectivity index (χ3v) is 8.27. The third kappa shape index (κ3) is 5.93. The zero-order valence-corrected chi connectivity index (χ0v) is 19.3. The summed E-state index contributed by atoms with van der Waals surface area (Å²) in [5.74, 6) is -0.102. The number of carbonyl (C=O) groups excluding carboxylic acids is 1. The fourth-order valence-electron chi connectivity index (χ4n) is 4.11. The molecule has 2 aliphatic heterocycles. The molecule has 2 fully saturated rings. The van der Waals surface area contributed by atoms with Crippen LogP contribution in [0.4, 0.5) is 0 Å². The Morgan fingerprint density at radius 1 is 0.935 bits per heavy atom. The van der Waals surface area contributed by atoms with Gasteiger partial charge in [0.25, 0.3) is 5.91 Å². The van der Waals surface area contributed by atoms with E-state index in [9.17, 15) is 13.2 Å². The predicted molar refractivity (Wildman–Crippen MR) is 123 cm³/mol. The van der Waals surface area contributed by atoms with E-state index in [0.29, 0.717) is 18.7 Å². The van der Waals surface area contributed by atoms with Crippen LogP contribution in [0.2, 0.25) is 0 Å². The molecule has 1 aromatic heterocycles. The van der Waals surface area contributed by atoms with E-state index in [0.717, 1.165) is 31.1 Å². The summed E-state index contributed by atoms with van der Waals surface area (Å²) in [7, 11) is -3.67. The van der Waals surface area contributed by atoms with Crippen LogP contribution in [-0.4, -0.2) is 81.4 Å². The van der Waals surface area contributed by atoms with E-state index >= 15 is 0 Å². The number of rotatable bonds is 8. The first kappa shape index (κ1) is 22.4. The van der Waals surface area contributed by atoms with Crippen LogP contribution in [-0.2, 0) is 16.6 Å². The minimum Gasteiger partial charge on any atom is -0.336 e. The monoisotopic (exact) mass is 462 g/mol. The van der Waals surface area contributed by atoms with Gasteiger partial charge in [-0.05, 0) is 55.6 Å². The number of benzene rings is 1. The second kappa shape index (κ2) is 10.2. The first-order valence-corrected chi connectivity index (χ1v) is 13.2. The number of nitrogens with zero attached hydrogens (tertiary/aromatic N) is 3. The molecule has 0 saturated carbocycles. The van der Waals surface area contributed by atoms with E-state index in [4.69, 9.17) is 0 Å². The molecule has 1 aromatic carbocycles. The molecule has 4 rings (SSSR count). The number of amides is 1. The summed E-state index contributed by atoms with van der Waals surface area (Å²) in [4.78, 5) is 20.8. The average Bonchev–Trinajstić information content (AvgIpc) is 3.51. The lowest BCUT2D eigenvalue weighted by Gasteiger charge is -2.35. The maximum atomic E-state index is 13.0. The van der Waals surface area contributed by atoms with Crippen LogP contribution in [0.5, 0.6) is 0 Å². The van der Waals surface area contributed by atoms with E-state index in [-0.39, 0.29) is 17.3 Å². The molecule has 2 aromatic rings. The Labute approximate surface area is 188 Å². The quantitative estimate of drug-likeness (QED) is 0.650. The van der Waals surface area contributed by atoms with Crippen molar-refractivity contribution in [1.29, 1.82) is 0 Å². The van der Waals surface area contributed by atoms with E-state index in [1.165, 1.54) is 49.4 Å². The molecule has 31 heavy (non-hydrogen) atoms. The predicted octanol–water partition coefficient (Wildman–Crippen LogP) is 2.08. The van der Waals surface area contributed by atoms with Crippen molar-refractivity contribution in [2.24, 2.45) is 0 Å². The summed E-state index contributed by atoms with van der Waals surface area (Å²) >= 11 is 1.50. The smallest absolute Gasteiger partial charge is 0.253 e. The van der Waals surface area contributed by atoms with Crippen LogP contribution in [0.3, 0.4) is 0 Å². The molecular formula is C22H30N4O3S2. The fourth-order valence-corrected chi connectivity index (χ4v) is 5.89. The summed E-state index contributed by atoms with van der Waals surface area (Å²) in [6, 6.07) is 10.1. The van der Waals surface area contributed by atoms with Crippen molar-refractivity contribution in [3.63, 3.8) is 0 Å². The molecule has 168 valence electrons. The molecule has 0 unspecified atom stereocenters. The molecule has 2 aliphatic rings. The Kier molecular flexibility index (Phi) is 7.39. The molecule has 0 radical (unpaired) electrons. The summed E-state index contributed by atoms with van der Waals surface area (Å²) in [5, 5.41) is 1.91. The first-order valence-electron chi connectivity index (χ1n) is 10.9. The van der Waals surface area contributed by atoms with Gasteiger partial charge in [-0.25, -0.2) is 13.1 Å². The number of thiophene rings is 1. The van der Waals surface area contributed by atoms with Gasteiger partial charge in [-0.2, -0.15) is 0 Å². The van der Waals surface area contributed by atoms with Crippen LogP contribution < -0.4 is 4.72 Å². The van der Waals surface area contributed by atoms with Crippen LogP contribution in [0.25, 0.3) is 0 Å². The minimum absolute atomic E-state index is 0.102. The van der Waals surface area contributed by atoms with E-state index in [1.54, 1.807) is 12.1 Å². The number of hydrogen-bond acceptors (Lipinski definition) is 6. The molecule has 3 heterocycles. The second-order valence-corrected chi connectivity index (χ2v) is 10.9. The number of nitrogens with one attached hydrogen (secondary N) is 1. The van der Waals surface area contributed by atoms with Crippen molar-refractivity contribution in [3.05, 3.63) is 52.2 Å². The lowest BCUT2D eigenvalue weighted by Crippen LogP contribution is -2.50. The standard InChI is InChI=1S/C22H30N4O3S2/c27-22(26-14-12-25(13-15-26)11-10-24-8-1-2-9-24)19-5-3-7-21(17-19)31(28,29)23-18-20-6-4-16-30-20/h3-7,16-17,23H,1-2,8-15,18H2. The van der Waals surface area contributed by atoms with Gasteiger partial charge in [0.15, 0.2) is 0 Å². The van der Waals surface area contributed by atoms with E-state index < -0.39 is 10.0 Å². The van der Waals surface area contributed by atoms with Crippen molar-refractivity contribution in [2.75, 3.05) is 52.4 Å². The van der Waals surface area contributed by atoms with Crippen LogP contribution in [0.15, 0.2) is 46.7 Å². The highest BCUT2D eigenvalue weighted by atomic mass is 32.2. The average molecular weight is 463 g/mol. The van der Waals surface area contributed by atoms with Crippen molar-refractivity contribution in [1.82, 2.24) is 19.4 Å². The Morgan fingerprint density at radius 3 is 2.32 bits per heavy atom. The highest BCUT2D eigenvalue weighted by Crippen LogP contribution is 2.16. The number of piperazine rings is 1. The third-order valence-electron chi connectivity index (χ3n) is 6.00. The van der Waals surface area contributed by atoms with Gasteiger partial charge in [-0.1, -0.05) is 12.1 Å². The first-order chi connectivity index (χ1) is 15.0. The van der Waals surface area contributed by atoms with Crippen molar-refractivity contribution >= 4 is 27.3 Å². The molecule has 0 bridgehead atoms. The molecule has 2 saturated heterocycles. The zero-order chi connectivity index (χ0) is 21.7. The highest BCUT2D eigenvalue weighted by Gasteiger charge is 2.24. The molecule has 7 nitrogen and oxygen atoms in total. The van der Waals surface area contributed by atoms with E-state index in [1.807, 2.05) is 22.4 Å². The SMILES string of the molecule is O=C(c1cccc(S(=O)(=O)NCc2cccs2)c1)N1CCN(CCN2CCCC2)CC1. The summed E-state index contributed by atoms with van der Waals surface area (Å²) in [6.45, 7) is 7.88. The molecule has 1 N–H and O–H groups in total. The Morgan fingerprint density at radius 2 is 1.65 bits per heavy atom. The normalized spacial score (nSPS) is 18.5. The lowest BCUT2D eigenvalue weighted by molar-refractivity contribution is 0.0626. The Bertz CT molecular complexity index is 964. The van der Waals surface area contributed by atoms with Gasteiger partial charge in [0.2, 0.25) is 10.0 Å². The van der Waals surface area contributed by atoms with Crippen molar-refractivity contribution in [3.8, 4) is 0 Å². The number of likely N-dealkylation sites (tertiary alicyclic amines) is 1. The van der Waals surface area contributed by atoms with Gasteiger partial charge in [0, 0.05) is 56.3 Å². The van der Waals surface area contributed by atoms with Gasteiger partial charge >= 0.3 is 0 Å². The molecule has 9 heteroatoms. The maximum Gasteiger partial charge on any atom is 0.253 e. The summed E-state index contributed by atoms with van der Waals surface area (Å²) in [6.07, 6.45) is 2.61. The zero-order valence-electron chi connectivity index (χ0n) is 17.7. The molecule has 0 spiro atoms. The van der Waals surface area contributed by atoms with Gasteiger partial charge in [0.1, 0.15) is 0 Å². The second-order valence-electron chi connectivity index (χ2n) is 8.11. The van der Waals surface area contributed by atoms with Gasteiger partial charge in [-0.3, -0.25) is 9.69 Å². The lowest BCUT2D eigenvalue weighted by atomic mass is 10.2. The molecule has 1 amide bonds. The van der Waals surface area contributed by atoms with Crippen LogP contribution >= 0.6 is 11.3 Å².